The van der Waals surface area contributed by atoms with Crippen molar-refractivity contribution in [3.05, 3.63) is 57.6 Å². The van der Waals surface area contributed by atoms with Crippen molar-refractivity contribution >= 4 is 12.4 Å². The molecule has 2 unspecified atom stereocenters. The summed E-state index contributed by atoms with van der Waals surface area (Å²) in [4.78, 5) is 9.98. The van der Waals surface area contributed by atoms with Gasteiger partial charge in [0.25, 0.3) is 0 Å². The minimum absolute atomic E-state index is 0.0287. The monoisotopic (exact) mass is 578 g/mol. The van der Waals surface area contributed by atoms with Gasteiger partial charge in [0.1, 0.15) is 11.5 Å². The van der Waals surface area contributed by atoms with Crippen LogP contribution in [0.1, 0.15) is 124 Å². The van der Waals surface area contributed by atoms with Crippen LogP contribution in [0.15, 0.2) is 34.3 Å². The SMILES string of the molecule is CCCCc1cc(CCCCO)cc(C=NC2CCCCC2N=Cc2cc(CCCCO)cc(CCCC)c2O)c1O. The largest absolute Gasteiger partial charge is 0.507 e. The highest BCUT2D eigenvalue weighted by molar-refractivity contribution is 5.85. The molecular formula is C36H54N2O4. The first-order chi connectivity index (χ1) is 20.5. The number of unbranched alkanes of at least 4 members (excludes halogenated alkanes) is 4. The van der Waals surface area contributed by atoms with Crippen LogP contribution in [0, 0.1) is 0 Å². The smallest absolute Gasteiger partial charge is 0.127 e. The van der Waals surface area contributed by atoms with Crippen molar-refractivity contribution in [3.63, 3.8) is 0 Å². The highest BCUT2D eigenvalue weighted by Gasteiger charge is 2.24. The lowest BCUT2D eigenvalue weighted by Gasteiger charge is -2.25. The Morgan fingerprint density at radius 2 is 1.05 bits per heavy atom. The molecule has 1 aliphatic carbocycles. The fourth-order valence-corrected chi connectivity index (χ4v) is 5.85. The Hall–Kier alpha value is -2.70. The van der Waals surface area contributed by atoms with Crippen molar-refractivity contribution in [2.24, 2.45) is 9.98 Å². The van der Waals surface area contributed by atoms with E-state index in [1.54, 1.807) is 0 Å². The predicted molar refractivity (Wildman–Crippen MR) is 175 cm³/mol. The zero-order valence-corrected chi connectivity index (χ0v) is 26.0. The van der Waals surface area contributed by atoms with Gasteiger partial charge in [0.15, 0.2) is 0 Å². The van der Waals surface area contributed by atoms with E-state index < -0.39 is 0 Å². The Labute approximate surface area is 253 Å². The van der Waals surface area contributed by atoms with Crippen molar-refractivity contribution in [1.82, 2.24) is 0 Å². The maximum Gasteiger partial charge on any atom is 0.127 e. The molecule has 0 spiro atoms. The molecule has 2 atom stereocenters. The van der Waals surface area contributed by atoms with Crippen LogP contribution in [-0.2, 0) is 25.7 Å². The molecule has 3 rings (SSSR count). The molecule has 6 heteroatoms. The summed E-state index contributed by atoms with van der Waals surface area (Å²) in [5.41, 5.74) is 5.85. The molecule has 0 heterocycles. The fraction of sp³-hybridized carbons (Fsp3) is 0.611. The summed E-state index contributed by atoms with van der Waals surface area (Å²) in [6.07, 6.45) is 18.8. The second-order valence-corrected chi connectivity index (χ2v) is 11.9. The Balaban J connectivity index is 1.84. The molecule has 2 aromatic rings. The highest BCUT2D eigenvalue weighted by atomic mass is 16.3. The summed E-state index contributed by atoms with van der Waals surface area (Å²) < 4.78 is 0. The van der Waals surface area contributed by atoms with Gasteiger partial charge in [-0.1, -0.05) is 51.7 Å². The van der Waals surface area contributed by atoms with E-state index in [1.807, 2.05) is 24.6 Å². The van der Waals surface area contributed by atoms with E-state index in [1.165, 1.54) is 11.1 Å². The summed E-state index contributed by atoms with van der Waals surface area (Å²) >= 11 is 0. The molecule has 0 saturated heterocycles. The van der Waals surface area contributed by atoms with Crippen LogP contribution >= 0.6 is 0 Å². The third-order valence-corrected chi connectivity index (χ3v) is 8.41. The molecule has 0 aliphatic heterocycles. The minimum Gasteiger partial charge on any atom is -0.507 e. The van der Waals surface area contributed by atoms with E-state index >= 15 is 0 Å². The number of hydrogen-bond donors (Lipinski definition) is 4. The van der Waals surface area contributed by atoms with E-state index in [4.69, 9.17) is 9.98 Å². The number of hydrogen-bond acceptors (Lipinski definition) is 6. The maximum atomic E-state index is 11.1. The number of aliphatic hydroxyl groups is 2. The minimum atomic E-state index is 0.0287. The number of phenolic OH excluding ortho intramolecular Hbond substituents is 2. The van der Waals surface area contributed by atoms with E-state index in [2.05, 4.69) is 26.0 Å². The van der Waals surface area contributed by atoms with Gasteiger partial charge in [0.05, 0.1) is 12.1 Å². The standard InChI is InChI=1S/C36H54N2O4/c1-3-5-15-29-21-27(13-9-11-19-39)23-31(35(29)41)25-37-33-17-7-8-18-34(33)38-26-32-24-28(14-10-12-20-40)22-30(36(32)42)16-6-4-2/h21-26,33-34,39-42H,3-20H2,1-2H3. The van der Waals surface area contributed by atoms with Gasteiger partial charge >= 0.3 is 0 Å². The van der Waals surface area contributed by atoms with E-state index in [0.717, 1.165) is 125 Å². The molecule has 1 saturated carbocycles. The van der Waals surface area contributed by atoms with Gasteiger partial charge in [-0.15, -0.1) is 0 Å². The first-order valence-corrected chi connectivity index (χ1v) is 16.5. The van der Waals surface area contributed by atoms with Gasteiger partial charge < -0.3 is 20.4 Å². The number of rotatable bonds is 18. The van der Waals surface area contributed by atoms with E-state index in [-0.39, 0.29) is 25.3 Å². The van der Waals surface area contributed by atoms with Gasteiger partial charge in [-0.2, -0.15) is 0 Å². The lowest BCUT2D eigenvalue weighted by atomic mass is 9.91. The average molecular weight is 579 g/mol. The average Bonchev–Trinajstić information content (AvgIpc) is 3.00. The molecule has 6 nitrogen and oxygen atoms in total. The Kier molecular flexibility index (Phi) is 15.1. The van der Waals surface area contributed by atoms with Crippen LogP contribution < -0.4 is 0 Å². The van der Waals surface area contributed by atoms with Crippen molar-refractivity contribution in [2.45, 2.75) is 129 Å². The molecule has 2 aromatic carbocycles. The highest BCUT2D eigenvalue weighted by Crippen LogP contribution is 2.30. The third-order valence-electron chi connectivity index (χ3n) is 8.41. The zero-order valence-electron chi connectivity index (χ0n) is 26.0. The number of phenols is 2. The van der Waals surface area contributed by atoms with Crippen molar-refractivity contribution in [1.29, 1.82) is 0 Å². The van der Waals surface area contributed by atoms with Gasteiger partial charge in [0, 0.05) is 36.8 Å². The molecule has 4 N–H and O–H groups in total. The second-order valence-electron chi connectivity index (χ2n) is 11.9. The third kappa shape index (κ3) is 10.5. The summed E-state index contributed by atoms with van der Waals surface area (Å²) in [6.45, 7) is 4.72. The maximum absolute atomic E-state index is 11.1. The van der Waals surface area contributed by atoms with Gasteiger partial charge in [0.2, 0.25) is 0 Å². The van der Waals surface area contributed by atoms with Crippen LogP contribution in [-0.4, -0.2) is 58.2 Å². The van der Waals surface area contributed by atoms with Gasteiger partial charge in [-0.05, 0) is 111 Å². The van der Waals surface area contributed by atoms with Crippen LogP contribution in [0.3, 0.4) is 0 Å². The van der Waals surface area contributed by atoms with Crippen LogP contribution in [0.25, 0.3) is 0 Å². The second kappa shape index (κ2) is 18.8. The van der Waals surface area contributed by atoms with Crippen LogP contribution in [0.4, 0.5) is 0 Å². The molecule has 1 aliphatic rings. The number of nitrogens with zero attached hydrogens (tertiary/aromatic N) is 2. The molecule has 0 bridgehead atoms. The number of aliphatic hydroxyl groups excluding tert-OH is 2. The predicted octanol–water partition coefficient (Wildman–Crippen LogP) is 7.26. The number of benzene rings is 2. The topological polar surface area (TPSA) is 106 Å². The molecular weight excluding hydrogens is 524 g/mol. The Morgan fingerprint density at radius 1 is 0.619 bits per heavy atom. The quantitative estimate of drug-likeness (QED) is 0.110. The lowest BCUT2D eigenvalue weighted by Crippen LogP contribution is -2.27. The van der Waals surface area contributed by atoms with Crippen molar-refractivity contribution < 1.29 is 20.4 Å². The molecule has 1 fully saturated rings. The summed E-state index contributed by atoms with van der Waals surface area (Å²) in [7, 11) is 0. The normalized spacial score (nSPS) is 17.5. The summed E-state index contributed by atoms with van der Waals surface area (Å²) in [6, 6.07) is 8.39. The first kappa shape index (κ1) is 33.8. The van der Waals surface area contributed by atoms with Crippen LogP contribution in [0.2, 0.25) is 0 Å². The summed E-state index contributed by atoms with van der Waals surface area (Å²) in [5, 5.41) is 40.6. The first-order valence-electron chi connectivity index (χ1n) is 16.5. The molecule has 0 amide bonds. The van der Waals surface area contributed by atoms with Crippen molar-refractivity contribution in [2.75, 3.05) is 13.2 Å². The number of aromatic hydroxyl groups is 2. The number of aryl methyl sites for hydroxylation is 4. The van der Waals surface area contributed by atoms with E-state index in [0.29, 0.717) is 11.5 Å². The van der Waals surface area contributed by atoms with Crippen LogP contribution in [0.5, 0.6) is 11.5 Å². The van der Waals surface area contributed by atoms with Crippen molar-refractivity contribution in [3.8, 4) is 11.5 Å². The molecule has 232 valence electrons. The zero-order chi connectivity index (χ0) is 30.2. The van der Waals surface area contributed by atoms with Gasteiger partial charge in [-0.25, -0.2) is 0 Å². The fourth-order valence-electron chi connectivity index (χ4n) is 5.85. The Morgan fingerprint density at radius 3 is 1.43 bits per heavy atom. The summed E-state index contributed by atoms with van der Waals surface area (Å²) in [5.74, 6) is 0.660. The van der Waals surface area contributed by atoms with E-state index in [9.17, 15) is 20.4 Å². The Bertz CT molecular complexity index is 1050. The molecule has 42 heavy (non-hydrogen) atoms. The van der Waals surface area contributed by atoms with Gasteiger partial charge in [-0.3, -0.25) is 9.98 Å². The molecule has 0 aromatic heterocycles. The number of aliphatic imine (C=N–C) groups is 2. The molecule has 0 radical (unpaired) electrons. The lowest BCUT2D eigenvalue weighted by molar-refractivity contribution is 0.284.